The summed E-state index contributed by atoms with van der Waals surface area (Å²) < 4.78 is 11.4. The molecule has 0 spiro atoms. The van der Waals surface area contributed by atoms with E-state index in [9.17, 15) is 9.90 Å². The topological polar surface area (TPSA) is 95.1 Å². The standard InChI is InChI=1S/C27H36N4O4/c32-24(13-29-27(33)20-3-1-6-23(11-20)30-22-4-2-5-22)16-31-10-9-19-12-25(8-7-21(19)15-31)34-17-26-14-28-18-35-26/h1,3,6-8,11-12,22,24,26,28,30,32H,2,4-5,9-10,13-18H2,(H,29,33)/t24-,26?/m0/s1. The summed E-state index contributed by atoms with van der Waals surface area (Å²) in [7, 11) is 0. The van der Waals surface area contributed by atoms with Crippen molar-refractivity contribution in [1.82, 2.24) is 15.5 Å². The Balaban J connectivity index is 1.06. The molecule has 2 aliphatic heterocycles. The first-order valence-electron chi connectivity index (χ1n) is 12.7. The number of β-amino-alcohol motifs (C(OH)–C–C–N with tert-alkyl or cyclic N) is 1. The molecule has 3 aliphatic rings. The number of benzene rings is 2. The summed E-state index contributed by atoms with van der Waals surface area (Å²) >= 11 is 0. The molecule has 8 heteroatoms. The molecule has 2 aromatic rings. The van der Waals surface area contributed by atoms with Gasteiger partial charge in [0.25, 0.3) is 5.91 Å². The molecule has 4 N–H and O–H groups in total. The van der Waals surface area contributed by atoms with Gasteiger partial charge < -0.3 is 25.2 Å². The van der Waals surface area contributed by atoms with E-state index in [0.29, 0.717) is 31.5 Å². The summed E-state index contributed by atoms with van der Waals surface area (Å²) in [5.41, 5.74) is 4.14. The van der Waals surface area contributed by atoms with Crippen molar-refractivity contribution in [3.63, 3.8) is 0 Å². The maximum atomic E-state index is 12.6. The van der Waals surface area contributed by atoms with Crippen molar-refractivity contribution in [1.29, 1.82) is 0 Å². The van der Waals surface area contributed by atoms with Crippen LogP contribution < -0.4 is 20.7 Å². The molecule has 2 aromatic carbocycles. The summed E-state index contributed by atoms with van der Waals surface area (Å²) in [4.78, 5) is 14.8. The second-order valence-corrected chi connectivity index (χ2v) is 9.83. The molecular formula is C27H36N4O4. The SMILES string of the molecule is O=C(NC[C@H](O)CN1CCc2cc(OCC3CNCO3)ccc2C1)c1cccc(NC2CCC2)c1. The molecule has 1 unspecified atom stereocenters. The predicted molar refractivity (Wildman–Crippen MR) is 135 cm³/mol. The van der Waals surface area contributed by atoms with Crippen LogP contribution in [0, 0.1) is 0 Å². The number of amides is 1. The number of rotatable bonds is 10. The Labute approximate surface area is 207 Å². The lowest BCUT2D eigenvalue weighted by Crippen LogP contribution is -2.42. The molecule has 1 aliphatic carbocycles. The molecular weight excluding hydrogens is 444 g/mol. The fourth-order valence-corrected chi connectivity index (χ4v) is 4.80. The average Bonchev–Trinajstić information content (AvgIpc) is 3.37. The summed E-state index contributed by atoms with van der Waals surface area (Å²) in [5.74, 6) is 0.721. The van der Waals surface area contributed by atoms with Gasteiger partial charge in [-0.1, -0.05) is 12.1 Å². The number of carbonyl (C=O) groups excluding carboxylic acids is 1. The molecule has 0 bridgehead atoms. The average molecular weight is 481 g/mol. The van der Waals surface area contributed by atoms with Crippen molar-refractivity contribution in [2.75, 3.05) is 44.8 Å². The molecule has 188 valence electrons. The number of nitrogens with zero attached hydrogens (tertiary/aromatic N) is 1. The molecule has 2 heterocycles. The van der Waals surface area contributed by atoms with E-state index in [1.807, 2.05) is 30.3 Å². The minimum absolute atomic E-state index is 0.108. The van der Waals surface area contributed by atoms with Gasteiger partial charge in [0.15, 0.2) is 0 Å². The van der Waals surface area contributed by atoms with Gasteiger partial charge in [-0.3, -0.25) is 15.0 Å². The molecule has 8 nitrogen and oxygen atoms in total. The first-order chi connectivity index (χ1) is 17.1. The zero-order chi connectivity index (χ0) is 24.0. The summed E-state index contributed by atoms with van der Waals surface area (Å²) in [5, 5.41) is 20.1. The van der Waals surface area contributed by atoms with Crippen molar-refractivity contribution < 1.29 is 19.4 Å². The number of hydrogen-bond donors (Lipinski definition) is 4. The number of nitrogens with one attached hydrogen (secondary N) is 3. The monoisotopic (exact) mass is 480 g/mol. The second kappa shape index (κ2) is 11.4. The Morgan fingerprint density at radius 1 is 1.23 bits per heavy atom. The maximum absolute atomic E-state index is 12.6. The molecule has 1 saturated heterocycles. The Hall–Kier alpha value is -2.65. The highest BCUT2D eigenvalue weighted by molar-refractivity contribution is 5.95. The van der Waals surface area contributed by atoms with Crippen molar-refractivity contribution in [2.24, 2.45) is 0 Å². The van der Waals surface area contributed by atoms with Crippen molar-refractivity contribution >= 4 is 11.6 Å². The van der Waals surface area contributed by atoms with Crippen LogP contribution in [-0.2, 0) is 17.7 Å². The highest BCUT2D eigenvalue weighted by Crippen LogP contribution is 2.25. The summed E-state index contributed by atoms with van der Waals surface area (Å²) in [6, 6.07) is 14.4. The lowest BCUT2D eigenvalue weighted by molar-refractivity contribution is 0.0715. The van der Waals surface area contributed by atoms with E-state index in [-0.39, 0.29) is 18.6 Å². The van der Waals surface area contributed by atoms with E-state index in [1.165, 1.54) is 30.4 Å². The van der Waals surface area contributed by atoms with Gasteiger partial charge >= 0.3 is 0 Å². The quantitative estimate of drug-likeness (QED) is 0.414. The number of carbonyl (C=O) groups is 1. The van der Waals surface area contributed by atoms with Gasteiger partial charge in [-0.15, -0.1) is 0 Å². The number of ether oxygens (including phenoxy) is 2. The van der Waals surface area contributed by atoms with E-state index < -0.39 is 6.10 Å². The molecule has 2 fully saturated rings. The first-order valence-corrected chi connectivity index (χ1v) is 12.7. The van der Waals surface area contributed by atoms with Gasteiger partial charge in [-0.25, -0.2) is 0 Å². The zero-order valence-electron chi connectivity index (χ0n) is 20.2. The number of hydrogen-bond acceptors (Lipinski definition) is 7. The lowest BCUT2D eigenvalue weighted by atomic mass is 9.93. The molecule has 0 radical (unpaired) electrons. The van der Waals surface area contributed by atoms with Crippen LogP contribution in [0.5, 0.6) is 5.75 Å². The van der Waals surface area contributed by atoms with E-state index in [1.54, 1.807) is 0 Å². The van der Waals surface area contributed by atoms with Gasteiger partial charge in [-0.05, 0) is 67.1 Å². The number of aliphatic hydroxyl groups is 1. The Morgan fingerprint density at radius 2 is 2.14 bits per heavy atom. The smallest absolute Gasteiger partial charge is 0.251 e. The third-order valence-electron chi connectivity index (χ3n) is 7.07. The number of aliphatic hydroxyl groups excluding tert-OH is 1. The highest BCUT2D eigenvalue weighted by Gasteiger charge is 2.21. The largest absolute Gasteiger partial charge is 0.491 e. The molecule has 1 saturated carbocycles. The van der Waals surface area contributed by atoms with Crippen LogP contribution in [0.2, 0.25) is 0 Å². The van der Waals surface area contributed by atoms with Crippen LogP contribution in [-0.4, -0.2) is 73.7 Å². The maximum Gasteiger partial charge on any atom is 0.251 e. The van der Waals surface area contributed by atoms with Crippen LogP contribution in [0.15, 0.2) is 42.5 Å². The van der Waals surface area contributed by atoms with Crippen molar-refractivity contribution in [3.05, 3.63) is 59.2 Å². The third-order valence-corrected chi connectivity index (χ3v) is 7.07. The molecule has 0 aromatic heterocycles. The van der Waals surface area contributed by atoms with Crippen molar-refractivity contribution in [3.8, 4) is 5.75 Å². The predicted octanol–water partition coefficient (Wildman–Crippen LogP) is 2.12. The molecule has 1 amide bonds. The molecule has 5 rings (SSSR count). The minimum atomic E-state index is -0.626. The van der Waals surface area contributed by atoms with Gasteiger partial charge in [-0.2, -0.15) is 0 Å². The van der Waals surface area contributed by atoms with Gasteiger partial charge in [0.2, 0.25) is 0 Å². The lowest BCUT2D eigenvalue weighted by Gasteiger charge is -2.30. The number of fused-ring (bicyclic) bond motifs is 1. The van der Waals surface area contributed by atoms with Gasteiger partial charge in [0, 0.05) is 50.0 Å². The summed E-state index contributed by atoms with van der Waals surface area (Å²) in [6.45, 7) is 4.37. The van der Waals surface area contributed by atoms with Crippen LogP contribution in [0.25, 0.3) is 0 Å². The van der Waals surface area contributed by atoms with Crippen LogP contribution in [0.1, 0.15) is 40.7 Å². The van der Waals surface area contributed by atoms with E-state index in [4.69, 9.17) is 9.47 Å². The van der Waals surface area contributed by atoms with Gasteiger partial charge in [0.1, 0.15) is 18.5 Å². The number of anilines is 1. The third kappa shape index (κ3) is 6.52. The Kier molecular flexibility index (Phi) is 7.83. The van der Waals surface area contributed by atoms with Crippen LogP contribution in [0.4, 0.5) is 5.69 Å². The van der Waals surface area contributed by atoms with E-state index in [0.717, 1.165) is 37.5 Å². The van der Waals surface area contributed by atoms with Crippen LogP contribution >= 0.6 is 0 Å². The Morgan fingerprint density at radius 3 is 2.94 bits per heavy atom. The second-order valence-electron chi connectivity index (χ2n) is 9.83. The fourth-order valence-electron chi connectivity index (χ4n) is 4.80. The van der Waals surface area contributed by atoms with Gasteiger partial charge in [0.05, 0.1) is 12.8 Å². The normalized spacial score (nSPS) is 21.1. The molecule has 35 heavy (non-hydrogen) atoms. The highest BCUT2D eigenvalue weighted by atomic mass is 16.5. The molecule has 2 atom stereocenters. The van der Waals surface area contributed by atoms with Crippen molar-refractivity contribution in [2.45, 2.75) is 50.5 Å². The van der Waals surface area contributed by atoms with E-state index >= 15 is 0 Å². The zero-order valence-corrected chi connectivity index (χ0v) is 20.2. The Bertz CT molecular complexity index is 1010. The summed E-state index contributed by atoms with van der Waals surface area (Å²) in [6.07, 6.45) is 4.03. The van der Waals surface area contributed by atoms with Crippen LogP contribution in [0.3, 0.4) is 0 Å². The fraction of sp³-hybridized carbons (Fsp3) is 0.519. The van der Waals surface area contributed by atoms with E-state index in [2.05, 4.69) is 33.0 Å². The minimum Gasteiger partial charge on any atom is -0.491 e. The first kappa shape index (κ1) is 24.1.